The van der Waals surface area contributed by atoms with Crippen LogP contribution in [0.25, 0.3) is 0 Å². The smallest absolute Gasteiger partial charge is 0.186 e. The second-order valence-electron chi connectivity index (χ2n) is 4.42. The first kappa shape index (κ1) is 13.8. The predicted molar refractivity (Wildman–Crippen MR) is 54.6 cm³/mol. The first-order chi connectivity index (χ1) is 7.47. The fraction of sp³-hybridized carbons (Fsp3) is 1.00. The molecule has 0 aromatic carbocycles. The summed E-state index contributed by atoms with van der Waals surface area (Å²) in [6, 6.07) is 0. The van der Waals surface area contributed by atoms with Gasteiger partial charge < -0.3 is 29.9 Å². The van der Waals surface area contributed by atoms with Gasteiger partial charge in [0.05, 0.1) is 13.2 Å². The van der Waals surface area contributed by atoms with Gasteiger partial charge in [0.1, 0.15) is 24.4 Å². The van der Waals surface area contributed by atoms with Gasteiger partial charge in [-0.05, 0) is 5.92 Å². The Morgan fingerprint density at radius 3 is 2.25 bits per heavy atom. The third kappa shape index (κ3) is 3.13. The van der Waals surface area contributed by atoms with Crippen molar-refractivity contribution in [3.8, 4) is 0 Å². The molecule has 0 aromatic heterocycles. The van der Waals surface area contributed by atoms with Gasteiger partial charge in [-0.1, -0.05) is 13.8 Å². The molecule has 1 aliphatic heterocycles. The summed E-state index contributed by atoms with van der Waals surface area (Å²) in [6.45, 7) is 3.79. The lowest BCUT2D eigenvalue weighted by atomic mass is 9.99. The zero-order valence-electron chi connectivity index (χ0n) is 9.48. The highest BCUT2D eigenvalue weighted by Gasteiger charge is 2.43. The van der Waals surface area contributed by atoms with Crippen LogP contribution in [-0.2, 0) is 9.47 Å². The molecule has 1 saturated heterocycles. The minimum absolute atomic E-state index is 0.257. The molecular weight excluding hydrogens is 216 g/mol. The topological polar surface area (TPSA) is 99.4 Å². The van der Waals surface area contributed by atoms with E-state index in [4.69, 9.17) is 14.6 Å². The molecule has 0 radical (unpaired) electrons. The largest absolute Gasteiger partial charge is 0.394 e. The van der Waals surface area contributed by atoms with Crippen LogP contribution in [0, 0.1) is 5.92 Å². The van der Waals surface area contributed by atoms with Gasteiger partial charge in [0, 0.05) is 0 Å². The molecule has 0 unspecified atom stereocenters. The van der Waals surface area contributed by atoms with E-state index in [1.165, 1.54) is 0 Å². The molecule has 1 aliphatic rings. The highest BCUT2D eigenvalue weighted by atomic mass is 16.7. The monoisotopic (exact) mass is 236 g/mol. The van der Waals surface area contributed by atoms with Crippen molar-refractivity contribution in [2.75, 3.05) is 13.2 Å². The third-order valence-electron chi connectivity index (χ3n) is 2.44. The summed E-state index contributed by atoms with van der Waals surface area (Å²) in [4.78, 5) is 0. The zero-order chi connectivity index (χ0) is 12.3. The Morgan fingerprint density at radius 2 is 1.75 bits per heavy atom. The molecule has 96 valence electrons. The van der Waals surface area contributed by atoms with Gasteiger partial charge in [0.25, 0.3) is 0 Å². The lowest BCUT2D eigenvalue weighted by Gasteiger charge is -2.39. The fourth-order valence-corrected chi connectivity index (χ4v) is 1.49. The molecule has 0 bridgehead atoms. The van der Waals surface area contributed by atoms with Crippen LogP contribution in [0.15, 0.2) is 0 Å². The van der Waals surface area contributed by atoms with Crippen molar-refractivity contribution in [3.05, 3.63) is 0 Å². The van der Waals surface area contributed by atoms with Crippen molar-refractivity contribution in [3.63, 3.8) is 0 Å². The van der Waals surface area contributed by atoms with E-state index in [1.807, 2.05) is 13.8 Å². The molecule has 4 N–H and O–H groups in total. The van der Waals surface area contributed by atoms with Crippen LogP contribution in [0.5, 0.6) is 0 Å². The number of aliphatic hydroxyl groups excluding tert-OH is 4. The molecule has 1 heterocycles. The molecule has 0 aliphatic carbocycles. The summed E-state index contributed by atoms with van der Waals surface area (Å²) in [5.41, 5.74) is 0. The van der Waals surface area contributed by atoms with Crippen molar-refractivity contribution >= 4 is 0 Å². The zero-order valence-corrected chi connectivity index (χ0v) is 9.48. The average molecular weight is 236 g/mol. The molecular formula is C10H20O6. The number of hydrogen-bond acceptors (Lipinski definition) is 6. The Hall–Kier alpha value is -0.240. The summed E-state index contributed by atoms with van der Waals surface area (Å²) in [5, 5.41) is 37.5. The second kappa shape index (κ2) is 5.90. The number of aliphatic hydroxyl groups is 4. The minimum Gasteiger partial charge on any atom is -0.394 e. The molecule has 6 nitrogen and oxygen atoms in total. The van der Waals surface area contributed by atoms with Crippen molar-refractivity contribution < 1.29 is 29.9 Å². The quantitative estimate of drug-likeness (QED) is 0.472. The molecule has 0 aromatic rings. The van der Waals surface area contributed by atoms with Gasteiger partial charge in [-0.2, -0.15) is 0 Å². The van der Waals surface area contributed by atoms with E-state index >= 15 is 0 Å². The Morgan fingerprint density at radius 1 is 1.12 bits per heavy atom. The van der Waals surface area contributed by atoms with E-state index < -0.39 is 37.3 Å². The van der Waals surface area contributed by atoms with Crippen molar-refractivity contribution in [1.82, 2.24) is 0 Å². The van der Waals surface area contributed by atoms with Crippen LogP contribution in [-0.4, -0.2) is 64.3 Å². The molecule has 1 fully saturated rings. The highest BCUT2D eigenvalue weighted by molar-refractivity contribution is 4.88. The van der Waals surface area contributed by atoms with E-state index in [9.17, 15) is 15.3 Å². The first-order valence-corrected chi connectivity index (χ1v) is 5.39. The van der Waals surface area contributed by atoms with Crippen LogP contribution >= 0.6 is 0 Å². The third-order valence-corrected chi connectivity index (χ3v) is 2.44. The Bertz CT molecular complexity index is 207. The van der Waals surface area contributed by atoms with E-state index in [0.717, 1.165) is 0 Å². The highest BCUT2D eigenvalue weighted by Crippen LogP contribution is 2.22. The van der Waals surface area contributed by atoms with E-state index in [2.05, 4.69) is 0 Å². The average Bonchev–Trinajstić information content (AvgIpc) is 2.25. The summed E-state index contributed by atoms with van der Waals surface area (Å²) in [7, 11) is 0. The summed E-state index contributed by atoms with van der Waals surface area (Å²) in [6.07, 6.45) is -5.94. The molecule has 0 spiro atoms. The fourth-order valence-electron chi connectivity index (χ4n) is 1.49. The number of hydrogen-bond donors (Lipinski definition) is 4. The SMILES string of the molecule is CC(C)CO[C@@H]1O[C@H](CO)[C@H](O)[C@H](O)[C@H]1O. The molecule has 0 amide bonds. The first-order valence-electron chi connectivity index (χ1n) is 5.39. The molecule has 6 heteroatoms. The van der Waals surface area contributed by atoms with E-state index in [-0.39, 0.29) is 5.92 Å². The maximum absolute atomic E-state index is 9.59. The summed E-state index contributed by atoms with van der Waals surface area (Å²) in [5.74, 6) is 0.257. The molecule has 5 atom stereocenters. The van der Waals surface area contributed by atoms with E-state index in [1.54, 1.807) is 0 Å². The minimum atomic E-state index is -1.37. The van der Waals surface area contributed by atoms with Crippen LogP contribution in [0.4, 0.5) is 0 Å². The van der Waals surface area contributed by atoms with E-state index in [0.29, 0.717) is 6.61 Å². The lowest BCUT2D eigenvalue weighted by Crippen LogP contribution is -2.59. The van der Waals surface area contributed by atoms with Gasteiger partial charge >= 0.3 is 0 Å². The second-order valence-corrected chi connectivity index (χ2v) is 4.42. The van der Waals surface area contributed by atoms with Crippen molar-refractivity contribution in [2.45, 2.75) is 44.6 Å². The predicted octanol–water partition coefficient (Wildman–Crippen LogP) is -1.54. The number of rotatable bonds is 4. The summed E-state index contributed by atoms with van der Waals surface area (Å²) >= 11 is 0. The maximum Gasteiger partial charge on any atom is 0.186 e. The lowest BCUT2D eigenvalue weighted by molar-refractivity contribution is -0.302. The standard InChI is InChI=1S/C10H20O6/c1-5(2)4-15-10-9(14)8(13)7(12)6(3-11)16-10/h5-14H,3-4H2,1-2H3/t6-,7+,8+,9-,10-/m1/s1. The maximum atomic E-state index is 9.59. The Balaban J connectivity index is 2.56. The van der Waals surface area contributed by atoms with Gasteiger partial charge in [0.2, 0.25) is 0 Å². The Labute approximate surface area is 94.4 Å². The van der Waals surface area contributed by atoms with Crippen LogP contribution < -0.4 is 0 Å². The van der Waals surface area contributed by atoms with Gasteiger partial charge in [0.15, 0.2) is 6.29 Å². The van der Waals surface area contributed by atoms with Gasteiger partial charge in [-0.25, -0.2) is 0 Å². The molecule has 1 rings (SSSR count). The van der Waals surface area contributed by atoms with Gasteiger partial charge in [-0.3, -0.25) is 0 Å². The van der Waals surface area contributed by atoms with Crippen molar-refractivity contribution in [2.24, 2.45) is 5.92 Å². The van der Waals surface area contributed by atoms with Crippen LogP contribution in [0.1, 0.15) is 13.8 Å². The Kier molecular flexibility index (Phi) is 5.10. The normalized spacial score (nSPS) is 40.3. The summed E-state index contributed by atoms with van der Waals surface area (Å²) < 4.78 is 10.4. The van der Waals surface area contributed by atoms with Gasteiger partial charge in [-0.15, -0.1) is 0 Å². The van der Waals surface area contributed by atoms with Crippen LogP contribution in [0.3, 0.4) is 0 Å². The molecule has 16 heavy (non-hydrogen) atoms. The van der Waals surface area contributed by atoms with Crippen molar-refractivity contribution in [1.29, 1.82) is 0 Å². The number of ether oxygens (including phenoxy) is 2. The molecule has 0 saturated carbocycles. The van der Waals surface area contributed by atoms with Crippen LogP contribution in [0.2, 0.25) is 0 Å².